The van der Waals surface area contributed by atoms with Crippen molar-refractivity contribution in [3.8, 4) is 0 Å². The van der Waals surface area contributed by atoms with Gasteiger partial charge in [-0.25, -0.2) is 0 Å². The number of benzene rings is 3. The Hall–Kier alpha value is -2.29. The van der Waals surface area contributed by atoms with Crippen molar-refractivity contribution in [3.63, 3.8) is 0 Å². The van der Waals surface area contributed by atoms with Gasteiger partial charge >= 0.3 is 0 Å². The standard InChI is InChI=1S/C23H21Cl2NO/c1-16-7-5-10-18(15-16)23(17-8-3-2-4-9-17)26-22(27)14-13-19-20(24)11-6-12-21(19)25/h2-12,15,23H,13-14H2,1H3,(H,26,27)/t23-/m0/s1. The van der Waals surface area contributed by atoms with Gasteiger partial charge in [0.1, 0.15) is 0 Å². The molecule has 1 N–H and O–H groups in total. The van der Waals surface area contributed by atoms with Crippen molar-refractivity contribution in [3.05, 3.63) is 105 Å². The zero-order valence-corrected chi connectivity index (χ0v) is 16.6. The topological polar surface area (TPSA) is 29.1 Å². The average molecular weight is 398 g/mol. The molecule has 0 saturated carbocycles. The van der Waals surface area contributed by atoms with E-state index in [0.29, 0.717) is 22.9 Å². The number of hydrogen-bond acceptors (Lipinski definition) is 1. The van der Waals surface area contributed by atoms with E-state index in [1.165, 1.54) is 0 Å². The molecule has 3 rings (SSSR count). The molecule has 2 nitrogen and oxygen atoms in total. The van der Waals surface area contributed by atoms with Gasteiger partial charge in [0.2, 0.25) is 5.91 Å². The molecule has 138 valence electrons. The van der Waals surface area contributed by atoms with Gasteiger partial charge in [0, 0.05) is 16.5 Å². The van der Waals surface area contributed by atoms with E-state index < -0.39 is 0 Å². The second-order valence-corrected chi connectivity index (χ2v) is 7.34. The van der Waals surface area contributed by atoms with E-state index in [4.69, 9.17) is 23.2 Å². The van der Waals surface area contributed by atoms with Crippen LogP contribution in [0.2, 0.25) is 10.0 Å². The molecule has 0 aliphatic heterocycles. The number of carbonyl (C=O) groups is 1. The van der Waals surface area contributed by atoms with E-state index in [9.17, 15) is 4.79 Å². The fourth-order valence-corrected chi connectivity index (χ4v) is 3.68. The summed E-state index contributed by atoms with van der Waals surface area (Å²) in [6, 6.07) is 23.4. The van der Waals surface area contributed by atoms with Crippen LogP contribution in [0, 0.1) is 6.92 Å². The minimum absolute atomic E-state index is 0.0404. The zero-order valence-electron chi connectivity index (χ0n) is 15.1. The molecule has 0 fully saturated rings. The first-order valence-electron chi connectivity index (χ1n) is 8.88. The molecule has 0 spiro atoms. The Bertz CT molecular complexity index is 904. The van der Waals surface area contributed by atoms with Gasteiger partial charge in [-0.05, 0) is 42.2 Å². The third kappa shape index (κ3) is 5.12. The summed E-state index contributed by atoms with van der Waals surface area (Å²) in [4.78, 5) is 12.7. The minimum atomic E-state index is -0.194. The van der Waals surface area contributed by atoms with E-state index >= 15 is 0 Å². The lowest BCUT2D eigenvalue weighted by molar-refractivity contribution is -0.121. The molecule has 0 aliphatic carbocycles. The van der Waals surface area contributed by atoms with Crippen LogP contribution in [0.1, 0.15) is 34.7 Å². The van der Waals surface area contributed by atoms with E-state index in [-0.39, 0.29) is 11.9 Å². The molecule has 1 atom stereocenters. The van der Waals surface area contributed by atoms with Gasteiger partial charge in [-0.15, -0.1) is 0 Å². The Kier molecular flexibility index (Phi) is 6.54. The number of carbonyl (C=O) groups excluding carboxylic acids is 1. The van der Waals surface area contributed by atoms with E-state index in [1.807, 2.05) is 55.5 Å². The summed E-state index contributed by atoms with van der Waals surface area (Å²) < 4.78 is 0. The first-order valence-corrected chi connectivity index (χ1v) is 9.64. The van der Waals surface area contributed by atoms with Crippen molar-refractivity contribution in [2.24, 2.45) is 0 Å². The number of rotatable bonds is 6. The maximum absolute atomic E-state index is 12.7. The van der Waals surface area contributed by atoms with Crippen molar-refractivity contribution < 1.29 is 4.79 Å². The minimum Gasteiger partial charge on any atom is -0.345 e. The Morgan fingerprint density at radius 2 is 1.52 bits per heavy atom. The van der Waals surface area contributed by atoms with Crippen molar-refractivity contribution in [2.45, 2.75) is 25.8 Å². The van der Waals surface area contributed by atoms with Gasteiger partial charge in [0.05, 0.1) is 6.04 Å². The van der Waals surface area contributed by atoms with Crippen LogP contribution in [0.3, 0.4) is 0 Å². The van der Waals surface area contributed by atoms with Gasteiger partial charge in [-0.1, -0.05) is 89.4 Å². The second-order valence-electron chi connectivity index (χ2n) is 6.53. The molecule has 27 heavy (non-hydrogen) atoms. The van der Waals surface area contributed by atoms with Gasteiger partial charge in [-0.3, -0.25) is 4.79 Å². The van der Waals surface area contributed by atoms with Crippen molar-refractivity contribution in [1.82, 2.24) is 5.32 Å². The summed E-state index contributed by atoms with van der Waals surface area (Å²) in [5.74, 6) is -0.0404. The summed E-state index contributed by atoms with van der Waals surface area (Å²) >= 11 is 12.4. The Labute approximate surface area is 170 Å². The average Bonchev–Trinajstić information content (AvgIpc) is 2.66. The number of hydrogen-bond donors (Lipinski definition) is 1. The molecule has 0 radical (unpaired) electrons. The monoisotopic (exact) mass is 397 g/mol. The molecule has 0 aliphatic rings. The van der Waals surface area contributed by atoms with Crippen molar-refractivity contribution in [2.75, 3.05) is 0 Å². The molecular weight excluding hydrogens is 377 g/mol. The fraction of sp³-hybridized carbons (Fsp3) is 0.174. The number of halogens is 2. The summed E-state index contributed by atoms with van der Waals surface area (Å²) in [6.07, 6.45) is 0.818. The van der Waals surface area contributed by atoms with Crippen LogP contribution in [0.5, 0.6) is 0 Å². The van der Waals surface area contributed by atoms with Crippen LogP contribution in [-0.4, -0.2) is 5.91 Å². The predicted molar refractivity (Wildman–Crippen MR) is 112 cm³/mol. The Morgan fingerprint density at radius 3 is 2.19 bits per heavy atom. The highest BCUT2D eigenvalue weighted by atomic mass is 35.5. The molecule has 3 aromatic carbocycles. The van der Waals surface area contributed by atoms with Crippen molar-refractivity contribution >= 4 is 29.1 Å². The number of nitrogens with one attached hydrogen (secondary N) is 1. The SMILES string of the molecule is Cc1cccc([C@@H](NC(=O)CCc2c(Cl)cccc2Cl)c2ccccc2)c1. The summed E-state index contributed by atoms with van der Waals surface area (Å²) in [6.45, 7) is 2.05. The van der Waals surface area contributed by atoms with E-state index in [0.717, 1.165) is 22.3 Å². The maximum Gasteiger partial charge on any atom is 0.221 e. The lowest BCUT2D eigenvalue weighted by atomic mass is 9.97. The van der Waals surface area contributed by atoms with Crippen LogP contribution >= 0.6 is 23.2 Å². The number of aryl methyl sites for hydroxylation is 1. The van der Waals surface area contributed by atoms with Gasteiger partial charge < -0.3 is 5.32 Å². The zero-order chi connectivity index (χ0) is 19.2. The molecule has 1 amide bonds. The van der Waals surface area contributed by atoms with Gasteiger partial charge in [-0.2, -0.15) is 0 Å². The molecule has 0 aromatic heterocycles. The smallest absolute Gasteiger partial charge is 0.221 e. The largest absolute Gasteiger partial charge is 0.345 e. The van der Waals surface area contributed by atoms with E-state index in [1.54, 1.807) is 18.2 Å². The summed E-state index contributed by atoms with van der Waals surface area (Å²) in [5, 5.41) is 4.34. The lowest BCUT2D eigenvalue weighted by Crippen LogP contribution is -2.29. The number of amides is 1. The van der Waals surface area contributed by atoms with Crippen molar-refractivity contribution in [1.29, 1.82) is 0 Å². The highest BCUT2D eigenvalue weighted by molar-refractivity contribution is 6.36. The molecule has 0 heterocycles. The normalized spacial score (nSPS) is 11.8. The van der Waals surface area contributed by atoms with Crippen LogP contribution in [0.25, 0.3) is 0 Å². The lowest BCUT2D eigenvalue weighted by Gasteiger charge is -2.20. The summed E-state index contributed by atoms with van der Waals surface area (Å²) in [7, 11) is 0. The molecule has 0 unspecified atom stereocenters. The van der Waals surface area contributed by atoms with Crippen LogP contribution in [0.4, 0.5) is 0 Å². The maximum atomic E-state index is 12.7. The van der Waals surface area contributed by atoms with E-state index in [2.05, 4.69) is 11.4 Å². The summed E-state index contributed by atoms with van der Waals surface area (Å²) in [5.41, 5.74) is 4.07. The Morgan fingerprint density at radius 1 is 0.889 bits per heavy atom. The third-order valence-corrected chi connectivity index (χ3v) is 5.19. The first kappa shape index (κ1) is 19.5. The highest BCUT2D eigenvalue weighted by Gasteiger charge is 2.17. The third-order valence-electron chi connectivity index (χ3n) is 4.48. The Balaban J connectivity index is 1.77. The molecule has 0 saturated heterocycles. The molecule has 3 aromatic rings. The van der Waals surface area contributed by atoms with Crippen LogP contribution in [-0.2, 0) is 11.2 Å². The second kappa shape index (κ2) is 9.07. The first-order chi connectivity index (χ1) is 13.0. The van der Waals surface area contributed by atoms with Crippen LogP contribution < -0.4 is 5.32 Å². The van der Waals surface area contributed by atoms with Gasteiger partial charge in [0.25, 0.3) is 0 Å². The molecule has 4 heteroatoms. The fourth-order valence-electron chi connectivity index (χ4n) is 3.10. The quantitative estimate of drug-likeness (QED) is 0.531. The van der Waals surface area contributed by atoms with Gasteiger partial charge in [0.15, 0.2) is 0 Å². The highest BCUT2D eigenvalue weighted by Crippen LogP contribution is 2.26. The molecule has 0 bridgehead atoms. The van der Waals surface area contributed by atoms with Crippen LogP contribution in [0.15, 0.2) is 72.8 Å². The predicted octanol–water partition coefficient (Wildman–Crippen LogP) is 6.14. The molecular formula is C23H21Cl2NO.